The Bertz CT molecular complexity index is 374. The molecule has 0 amide bonds. The summed E-state index contributed by atoms with van der Waals surface area (Å²) in [6.07, 6.45) is 0. The Morgan fingerprint density at radius 1 is 0.688 bits per heavy atom. The quantitative estimate of drug-likeness (QED) is 0.533. The molecule has 0 aliphatic rings. The monoisotopic (exact) mass is 270 g/mol. The summed E-state index contributed by atoms with van der Waals surface area (Å²) in [5.41, 5.74) is -1.68. The summed E-state index contributed by atoms with van der Waals surface area (Å²) in [7, 11) is 0. The molecule has 7 heteroatoms. The smallest absolute Gasteiger partial charge is 0.0715 e. The van der Waals surface area contributed by atoms with Crippen molar-refractivity contribution >= 4 is 17.9 Å². The number of benzene rings is 1. The molecule has 0 saturated carbocycles. The van der Waals surface area contributed by atoms with E-state index in [1.165, 1.54) is 0 Å². The van der Waals surface area contributed by atoms with Crippen LogP contribution in [0.5, 0.6) is 0 Å². The number of carbonyl (C=O) groups is 3. The fraction of sp³-hybridized carbons (Fsp3) is 0. The topological polar surface area (TPSA) is 120 Å². The fourth-order valence-electron chi connectivity index (χ4n) is 0.981. The first-order valence-corrected chi connectivity index (χ1v) is 3.71. The van der Waals surface area contributed by atoms with Crippen molar-refractivity contribution in [1.82, 2.24) is 0 Å². The number of hydrogen-bond acceptors (Lipinski definition) is 6. The molecule has 0 aliphatic heterocycles. The average molecular weight is 271 g/mol. The van der Waals surface area contributed by atoms with E-state index in [9.17, 15) is 29.7 Å². The van der Waals surface area contributed by atoms with Gasteiger partial charge in [-0.1, -0.05) is 0 Å². The summed E-state index contributed by atoms with van der Waals surface area (Å²) < 4.78 is 0. The van der Waals surface area contributed by atoms with Crippen LogP contribution < -0.4 is 15.3 Å². The molecule has 6 nitrogen and oxygen atoms in total. The van der Waals surface area contributed by atoms with Crippen LogP contribution in [-0.2, 0) is 17.1 Å². The van der Waals surface area contributed by atoms with E-state index in [4.69, 9.17) is 0 Å². The Hall–Kier alpha value is -1.85. The summed E-state index contributed by atoms with van der Waals surface area (Å²) in [5, 5.41) is 31.2. The SMILES string of the molecule is O=C([O-])c1cc(C(=O)[O-])cc(C(=O)[O-])c1.[Cu]. The molecular formula is C9H3CuO6-3. The molecule has 0 aliphatic carbocycles. The van der Waals surface area contributed by atoms with Crippen molar-refractivity contribution in [2.75, 3.05) is 0 Å². The van der Waals surface area contributed by atoms with Gasteiger partial charge in [-0.2, -0.15) is 0 Å². The van der Waals surface area contributed by atoms with Gasteiger partial charge in [0.25, 0.3) is 0 Å². The zero-order valence-electron chi connectivity index (χ0n) is 7.48. The van der Waals surface area contributed by atoms with Crippen LogP contribution in [0.4, 0.5) is 0 Å². The predicted molar refractivity (Wildman–Crippen MR) is 39.4 cm³/mol. The van der Waals surface area contributed by atoms with E-state index in [0.29, 0.717) is 0 Å². The normalized spacial score (nSPS) is 9.00. The maximum absolute atomic E-state index is 10.4. The Labute approximate surface area is 100.0 Å². The van der Waals surface area contributed by atoms with E-state index in [1.807, 2.05) is 0 Å². The standard InChI is InChI=1S/C9H6O6.Cu/c10-7(11)4-1-5(8(12)13)3-6(2-4)9(14)15;/h1-3H,(H,10,11)(H,12,13)(H,14,15);/p-3. The second kappa shape index (κ2) is 5.29. The van der Waals surface area contributed by atoms with E-state index in [-0.39, 0.29) is 17.1 Å². The molecule has 0 unspecified atom stereocenters. The molecule has 16 heavy (non-hydrogen) atoms. The number of carboxylic acid groups (broad SMARTS) is 3. The van der Waals surface area contributed by atoms with Crippen LogP contribution >= 0.6 is 0 Å². The molecule has 1 aromatic rings. The molecule has 89 valence electrons. The van der Waals surface area contributed by atoms with E-state index >= 15 is 0 Å². The summed E-state index contributed by atoms with van der Waals surface area (Å²) in [6, 6.07) is 2.24. The van der Waals surface area contributed by atoms with E-state index in [1.54, 1.807) is 0 Å². The second-order valence-corrected chi connectivity index (χ2v) is 2.66. The number of carbonyl (C=O) groups excluding carboxylic acids is 3. The van der Waals surface area contributed by atoms with Gasteiger partial charge in [-0.3, -0.25) is 0 Å². The van der Waals surface area contributed by atoms with Gasteiger partial charge in [0.1, 0.15) is 0 Å². The maximum atomic E-state index is 10.4. The molecule has 1 aromatic carbocycles. The zero-order valence-corrected chi connectivity index (χ0v) is 8.42. The molecule has 0 saturated heterocycles. The molecule has 0 bridgehead atoms. The van der Waals surface area contributed by atoms with Crippen LogP contribution in [0.1, 0.15) is 31.1 Å². The van der Waals surface area contributed by atoms with Crippen LogP contribution in [0, 0.1) is 0 Å². The molecule has 1 radical (unpaired) electrons. The number of carboxylic acids is 3. The molecule has 0 heterocycles. The minimum atomic E-state index is -1.68. The van der Waals surface area contributed by atoms with Gasteiger partial charge in [0, 0.05) is 17.1 Å². The van der Waals surface area contributed by atoms with Crippen molar-refractivity contribution < 1.29 is 46.8 Å². The summed E-state index contributed by atoms with van der Waals surface area (Å²) in [5.74, 6) is -5.04. The summed E-state index contributed by atoms with van der Waals surface area (Å²) >= 11 is 0. The zero-order chi connectivity index (χ0) is 11.6. The average Bonchev–Trinajstić information content (AvgIpc) is 2.16. The first-order chi connectivity index (χ1) is 6.91. The van der Waals surface area contributed by atoms with Crippen LogP contribution in [0.2, 0.25) is 0 Å². The van der Waals surface area contributed by atoms with Gasteiger partial charge in [0.2, 0.25) is 0 Å². The van der Waals surface area contributed by atoms with Crippen LogP contribution in [-0.4, -0.2) is 17.9 Å². The molecule has 0 fully saturated rings. The van der Waals surface area contributed by atoms with Gasteiger partial charge >= 0.3 is 0 Å². The van der Waals surface area contributed by atoms with E-state index < -0.39 is 34.6 Å². The van der Waals surface area contributed by atoms with Gasteiger partial charge < -0.3 is 29.7 Å². The first kappa shape index (κ1) is 14.1. The molecule has 1 rings (SSSR count). The Balaban J connectivity index is 0.00000225. The third-order valence-corrected chi connectivity index (χ3v) is 1.64. The number of hydrogen-bond donors (Lipinski definition) is 0. The van der Waals surface area contributed by atoms with Gasteiger partial charge in [-0.05, 0) is 34.9 Å². The Kier molecular flexibility index (Phi) is 4.68. The van der Waals surface area contributed by atoms with Crippen molar-refractivity contribution in [2.45, 2.75) is 0 Å². The molecule has 0 spiro atoms. The predicted octanol–water partition coefficient (Wildman–Crippen LogP) is -3.23. The van der Waals surface area contributed by atoms with Gasteiger partial charge in [-0.15, -0.1) is 0 Å². The third-order valence-electron chi connectivity index (χ3n) is 1.64. The van der Waals surface area contributed by atoms with Crippen molar-refractivity contribution in [1.29, 1.82) is 0 Å². The molecule has 0 aromatic heterocycles. The second-order valence-electron chi connectivity index (χ2n) is 2.66. The Morgan fingerprint density at radius 3 is 1.00 bits per heavy atom. The maximum Gasteiger partial charge on any atom is 0.0715 e. The minimum Gasteiger partial charge on any atom is -0.545 e. The van der Waals surface area contributed by atoms with Crippen LogP contribution in [0.15, 0.2) is 18.2 Å². The van der Waals surface area contributed by atoms with Gasteiger partial charge in [0.15, 0.2) is 0 Å². The first-order valence-electron chi connectivity index (χ1n) is 3.71. The fourth-order valence-corrected chi connectivity index (χ4v) is 0.981. The third kappa shape index (κ3) is 3.08. The van der Waals surface area contributed by atoms with Crippen molar-refractivity contribution in [2.24, 2.45) is 0 Å². The van der Waals surface area contributed by atoms with Crippen LogP contribution in [0.3, 0.4) is 0 Å². The van der Waals surface area contributed by atoms with E-state index in [0.717, 1.165) is 18.2 Å². The number of aromatic carboxylic acids is 3. The molecule has 0 N–H and O–H groups in total. The van der Waals surface area contributed by atoms with Crippen LogP contribution in [0.25, 0.3) is 0 Å². The largest absolute Gasteiger partial charge is 0.545 e. The minimum absolute atomic E-state index is 0. The van der Waals surface area contributed by atoms with Crippen molar-refractivity contribution in [3.8, 4) is 0 Å². The Morgan fingerprint density at radius 2 is 0.875 bits per heavy atom. The summed E-state index contributed by atoms with van der Waals surface area (Å²) in [4.78, 5) is 31.2. The van der Waals surface area contributed by atoms with E-state index in [2.05, 4.69) is 0 Å². The summed E-state index contributed by atoms with van der Waals surface area (Å²) in [6.45, 7) is 0. The van der Waals surface area contributed by atoms with Gasteiger partial charge in [0.05, 0.1) is 17.9 Å². The van der Waals surface area contributed by atoms with Crippen molar-refractivity contribution in [3.05, 3.63) is 34.9 Å². The van der Waals surface area contributed by atoms with Crippen molar-refractivity contribution in [3.63, 3.8) is 0 Å². The van der Waals surface area contributed by atoms with Gasteiger partial charge in [-0.25, -0.2) is 0 Å². The number of rotatable bonds is 3. The molecular weight excluding hydrogens is 268 g/mol. The molecule has 0 atom stereocenters.